The number of primary amides is 1. The maximum atomic E-state index is 14.1. The van der Waals surface area contributed by atoms with Crippen LogP contribution >= 0.6 is 23.2 Å². The molecule has 1 aliphatic carbocycles. The minimum atomic E-state index is -0.960. The smallest absolute Gasteiger partial charge is 0.312 e. The fourth-order valence-electron chi connectivity index (χ4n) is 6.68. The van der Waals surface area contributed by atoms with Crippen molar-refractivity contribution in [3.8, 4) is 0 Å². The van der Waals surface area contributed by atoms with Gasteiger partial charge in [0.2, 0.25) is 5.91 Å². The average Bonchev–Trinajstić information content (AvgIpc) is 3.73. The Labute approximate surface area is 257 Å². The first kappa shape index (κ1) is 30.1. The highest BCUT2D eigenvalue weighted by molar-refractivity contribution is 6.42. The molecule has 1 saturated carbocycles. The van der Waals surface area contributed by atoms with Crippen molar-refractivity contribution >= 4 is 40.9 Å². The van der Waals surface area contributed by atoms with E-state index in [1.807, 2.05) is 79.8 Å². The van der Waals surface area contributed by atoms with Crippen LogP contribution in [0.2, 0.25) is 10.0 Å². The molecule has 9 heteroatoms. The summed E-state index contributed by atoms with van der Waals surface area (Å²) in [6.07, 6.45) is 1.99. The van der Waals surface area contributed by atoms with E-state index < -0.39 is 22.8 Å². The van der Waals surface area contributed by atoms with Crippen LogP contribution in [0.3, 0.4) is 0 Å². The third-order valence-electron chi connectivity index (χ3n) is 9.16. The standard InChI is InChI=1S/C33H36Cl2N4O3/c1-37(21-23-9-5-3-6-10-23)31(42)33(25-13-14-27(34)28(35)19-25)20-26(33)22-39-17-15-32(16-18-39,24-11-7-4-8-12-24)38(2)30(41)29(36)40/h3-14,19,26H,15-18,20-22H2,1-2H3,(H2,36,40)/t26-,33+/m0/s1. The highest BCUT2D eigenvalue weighted by atomic mass is 35.5. The number of rotatable bonds is 8. The molecule has 1 saturated heterocycles. The first-order valence-corrected chi connectivity index (χ1v) is 14.9. The highest BCUT2D eigenvalue weighted by Gasteiger charge is 2.62. The van der Waals surface area contributed by atoms with Gasteiger partial charge in [0.15, 0.2) is 0 Å². The van der Waals surface area contributed by atoms with E-state index >= 15 is 0 Å². The molecule has 2 fully saturated rings. The topological polar surface area (TPSA) is 87.0 Å². The Bertz CT molecular complexity index is 1460. The van der Waals surface area contributed by atoms with Gasteiger partial charge in [-0.1, -0.05) is 89.9 Å². The van der Waals surface area contributed by atoms with Gasteiger partial charge in [0.05, 0.1) is 21.0 Å². The summed E-state index contributed by atoms with van der Waals surface area (Å²) in [7, 11) is 3.51. The highest BCUT2D eigenvalue weighted by Crippen LogP contribution is 2.57. The van der Waals surface area contributed by atoms with E-state index in [1.54, 1.807) is 18.0 Å². The zero-order valence-corrected chi connectivity index (χ0v) is 25.4. The summed E-state index contributed by atoms with van der Waals surface area (Å²) in [6, 6.07) is 25.3. The van der Waals surface area contributed by atoms with E-state index in [0.717, 1.165) is 23.2 Å². The zero-order chi connectivity index (χ0) is 30.1. The van der Waals surface area contributed by atoms with Gasteiger partial charge in [-0.3, -0.25) is 14.4 Å². The maximum Gasteiger partial charge on any atom is 0.312 e. The molecule has 0 spiro atoms. The van der Waals surface area contributed by atoms with Crippen molar-refractivity contribution in [1.29, 1.82) is 0 Å². The number of hydrogen-bond donors (Lipinski definition) is 1. The summed E-state index contributed by atoms with van der Waals surface area (Å²) in [5.41, 5.74) is 7.00. The molecule has 3 aromatic carbocycles. The molecule has 2 N–H and O–H groups in total. The first-order valence-electron chi connectivity index (χ1n) is 14.2. The predicted molar refractivity (Wildman–Crippen MR) is 165 cm³/mol. The van der Waals surface area contributed by atoms with Gasteiger partial charge in [0.1, 0.15) is 0 Å². The van der Waals surface area contributed by atoms with Gasteiger partial charge in [-0.2, -0.15) is 0 Å². The molecule has 3 aromatic rings. The number of likely N-dealkylation sites (tertiary alicyclic amines) is 1. The largest absolute Gasteiger partial charge is 0.361 e. The lowest BCUT2D eigenvalue weighted by Crippen LogP contribution is -2.56. The van der Waals surface area contributed by atoms with E-state index in [2.05, 4.69) is 4.90 Å². The van der Waals surface area contributed by atoms with Gasteiger partial charge in [0, 0.05) is 40.3 Å². The molecule has 3 amide bonds. The van der Waals surface area contributed by atoms with Crippen LogP contribution in [0.5, 0.6) is 0 Å². The number of nitrogens with two attached hydrogens (primary N) is 1. The molecule has 0 aromatic heterocycles. The fourth-order valence-corrected chi connectivity index (χ4v) is 6.97. The van der Waals surface area contributed by atoms with Crippen LogP contribution < -0.4 is 5.73 Å². The number of likely N-dealkylation sites (N-methyl/N-ethyl adjacent to an activating group) is 2. The van der Waals surface area contributed by atoms with Crippen LogP contribution in [0.15, 0.2) is 78.9 Å². The lowest BCUT2D eigenvalue weighted by Gasteiger charge is -2.47. The lowest BCUT2D eigenvalue weighted by atomic mass is 9.79. The zero-order valence-electron chi connectivity index (χ0n) is 23.9. The van der Waals surface area contributed by atoms with Crippen molar-refractivity contribution in [2.75, 3.05) is 33.7 Å². The summed E-state index contributed by atoms with van der Waals surface area (Å²) < 4.78 is 0. The van der Waals surface area contributed by atoms with Gasteiger partial charge >= 0.3 is 11.8 Å². The number of hydrogen-bond acceptors (Lipinski definition) is 4. The van der Waals surface area contributed by atoms with Crippen molar-refractivity contribution in [1.82, 2.24) is 14.7 Å². The summed E-state index contributed by atoms with van der Waals surface area (Å²) >= 11 is 12.7. The molecule has 0 bridgehead atoms. The van der Waals surface area contributed by atoms with Gasteiger partial charge < -0.3 is 20.4 Å². The molecule has 0 radical (unpaired) electrons. The fraction of sp³-hybridized carbons (Fsp3) is 0.364. The molecule has 220 valence electrons. The molecule has 1 aliphatic heterocycles. The maximum absolute atomic E-state index is 14.1. The first-order chi connectivity index (χ1) is 20.1. The quantitative estimate of drug-likeness (QED) is 0.372. The van der Waals surface area contributed by atoms with Gasteiger partial charge in [0.25, 0.3) is 0 Å². The van der Waals surface area contributed by atoms with Crippen LogP contribution in [-0.2, 0) is 31.9 Å². The van der Waals surface area contributed by atoms with E-state index in [9.17, 15) is 14.4 Å². The van der Waals surface area contributed by atoms with E-state index in [1.165, 1.54) is 4.90 Å². The van der Waals surface area contributed by atoms with Crippen LogP contribution in [-0.4, -0.2) is 66.2 Å². The van der Waals surface area contributed by atoms with Crippen LogP contribution in [0, 0.1) is 5.92 Å². The number of piperidine rings is 1. The minimum absolute atomic E-state index is 0.0668. The van der Waals surface area contributed by atoms with Crippen molar-refractivity contribution in [3.05, 3.63) is 106 Å². The molecule has 2 aliphatic rings. The number of nitrogens with zero attached hydrogens (tertiary/aromatic N) is 3. The van der Waals surface area contributed by atoms with Gasteiger partial charge in [-0.15, -0.1) is 0 Å². The van der Waals surface area contributed by atoms with Crippen LogP contribution in [0.4, 0.5) is 0 Å². The van der Waals surface area contributed by atoms with Gasteiger partial charge in [-0.25, -0.2) is 0 Å². The average molecular weight is 608 g/mol. The van der Waals surface area contributed by atoms with Crippen LogP contribution in [0.25, 0.3) is 0 Å². The second kappa shape index (κ2) is 12.1. The van der Waals surface area contributed by atoms with E-state index in [-0.39, 0.29) is 11.8 Å². The molecule has 42 heavy (non-hydrogen) atoms. The van der Waals surface area contributed by atoms with Gasteiger partial charge in [-0.05, 0) is 54.0 Å². The van der Waals surface area contributed by atoms with Crippen molar-refractivity contribution in [2.45, 2.75) is 36.8 Å². The Balaban J connectivity index is 1.36. The molecular weight excluding hydrogens is 571 g/mol. The second-order valence-electron chi connectivity index (χ2n) is 11.6. The third kappa shape index (κ3) is 5.65. The third-order valence-corrected chi connectivity index (χ3v) is 9.90. The summed E-state index contributed by atoms with van der Waals surface area (Å²) in [6.45, 7) is 2.64. The number of halogens is 2. The van der Waals surface area contributed by atoms with Crippen LogP contribution in [0.1, 0.15) is 36.0 Å². The Kier molecular flexibility index (Phi) is 8.65. The van der Waals surface area contributed by atoms with Crippen molar-refractivity contribution in [2.24, 2.45) is 11.7 Å². The monoisotopic (exact) mass is 606 g/mol. The lowest BCUT2D eigenvalue weighted by molar-refractivity contribution is -0.149. The predicted octanol–water partition coefficient (Wildman–Crippen LogP) is 4.84. The molecular formula is C33H36Cl2N4O3. The van der Waals surface area contributed by atoms with Crippen molar-refractivity contribution < 1.29 is 14.4 Å². The molecule has 2 atom stereocenters. The minimum Gasteiger partial charge on any atom is -0.361 e. The molecule has 7 nitrogen and oxygen atoms in total. The van der Waals surface area contributed by atoms with E-state index in [0.29, 0.717) is 48.9 Å². The number of benzene rings is 3. The number of carbonyl (C=O) groups is 3. The summed E-state index contributed by atoms with van der Waals surface area (Å²) in [4.78, 5) is 44.4. The Morgan fingerprint density at radius 3 is 2.10 bits per heavy atom. The Morgan fingerprint density at radius 1 is 0.881 bits per heavy atom. The summed E-state index contributed by atoms with van der Waals surface area (Å²) in [5.74, 6) is -1.50. The molecule has 1 heterocycles. The SMILES string of the molecule is CN(Cc1ccccc1)C(=O)[C@@]1(c2ccc(Cl)c(Cl)c2)C[C@H]1CN1CCC(c2ccccc2)(N(C)C(=O)C(N)=O)CC1. The molecule has 0 unspecified atom stereocenters. The van der Waals surface area contributed by atoms with E-state index in [4.69, 9.17) is 28.9 Å². The number of amides is 3. The molecule has 5 rings (SSSR count). The number of carbonyl (C=O) groups excluding carboxylic acids is 3. The second-order valence-corrected chi connectivity index (χ2v) is 12.4. The normalized spacial score (nSPS) is 21.4. The summed E-state index contributed by atoms with van der Waals surface area (Å²) in [5, 5.41) is 0.895. The Morgan fingerprint density at radius 2 is 1.50 bits per heavy atom. The Hall–Kier alpha value is -3.39. The van der Waals surface area contributed by atoms with Crippen molar-refractivity contribution in [3.63, 3.8) is 0 Å².